The van der Waals surface area contributed by atoms with Crippen molar-refractivity contribution in [1.82, 2.24) is 10.6 Å². The number of nitrogens with zero attached hydrogens (tertiary/aromatic N) is 4. The molecule has 0 radical (unpaired) electrons. The van der Waals surface area contributed by atoms with Crippen LogP contribution in [0.2, 0.25) is 0 Å². The summed E-state index contributed by atoms with van der Waals surface area (Å²) in [5.41, 5.74) is -0.820. The summed E-state index contributed by atoms with van der Waals surface area (Å²) in [4.78, 5) is 27.5. The molecule has 0 aromatic heterocycles. The predicted molar refractivity (Wildman–Crippen MR) is 119 cm³/mol. The van der Waals surface area contributed by atoms with Crippen molar-refractivity contribution in [3.8, 4) is 0 Å². The van der Waals surface area contributed by atoms with E-state index in [4.69, 9.17) is 10.2 Å². The number of aliphatic imine (C=N–C) groups is 2. The molecule has 0 fully saturated rings. The van der Waals surface area contributed by atoms with E-state index in [1.165, 1.54) is 0 Å². The number of carbonyl (C=O) groups is 2. The van der Waals surface area contributed by atoms with E-state index >= 15 is 0 Å². The van der Waals surface area contributed by atoms with Gasteiger partial charge in [0.2, 0.25) is 0 Å². The minimum Gasteiger partial charge on any atom is -0.478 e. The average molecular weight is 423 g/mol. The van der Waals surface area contributed by atoms with Crippen LogP contribution in [0.3, 0.4) is 0 Å². The van der Waals surface area contributed by atoms with Gasteiger partial charge in [0.25, 0.3) is 0 Å². The summed E-state index contributed by atoms with van der Waals surface area (Å²) < 4.78 is 0. The highest BCUT2D eigenvalue weighted by Gasteiger charge is 2.30. The molecule has 0 aliphatic carbocycles. The Kier molecular flexibility index (Phi) is 11.9. The van der Waals surface area contributed by atoms with Crippen molar-refractivity contribution >= 4 is 23.6 Å². The Morgan fingerprint density at radius 1 is 0.867 bits per heavy atom. The summed E-state index contributed by atoms with van der Waals surface area (Å²) in [6.07, 6.45) is 3.84. The number of carboxylic acid groups (broad SMARTS) is 2. The quantitative estimate of drug-likeness (QED) is 0.381. The first kappa shape index (κ1) is 27.0. The lowest BCUT2D eigenvalue weighted by Crippen LogP contribution is -2.46. The lowest BCUT2D eigenvalue weighted by atomic mass is 10.0. The van der Waals surface area contributed by atoms with Crippen molar-refractivity contribution in [2.75, 3.05) is 26.2 Å². The summed E-state index contributed by atoms with van der Waals surface area (Å²) in [5.74, 6) is -0.0984. The third kappa shape index (κ3) is 11.1. The van der Waals surface area contributed by atoms with Crippen molar-refractivity contribution in [3.05, 3.63) is 25.3 Å². The monoisotopic (exact) mass is 422 g/mol. The molecule has 168 valence electrons. The number of hydrogen-bond donors (Lipinski definition) is 4. The van der Waals surface area contributed by atoms with E-state index in [0.29, 0.717) is 0 Å². The zero-order valence-corrected chi connectivity index (χ0v) is 18.3. The van der Waals surface area contributed by atoms with Gasteiger partial charge < -0.3 is 20.8 Å². The maximum atomic E-state index is 9.25. The Morgan fingerprint density at radius 2 is 1.17 bits per heavy atom. The van der Waals surface area contributed by atoms with Gasteiger partial charge in [-0.15, -0.1) is 0 Å². The Hall–Kier alpha value is -3.04. The second kappa shape index (κ2) is 13.2. The lowest BCUT2D eigenvalue weighted by Gasteiger charge is -2.29. The average Bonchev–Trinajstić information content (AvgIpc) is 2.74. The van der Waals surface area contributed by atoms with E-state index in [1.807, 2.05) is 27.7 Å². The second-order valence-electron chi connectivity index (χ2n) is 7.42. The SMILES string of the molecule is C=CC(=O)O.C=CC(=O)O.CC(C)(N=NC(C)(C)C1=NCCCN1)C1=NCCCN1. The van der Waals surface area contributed by atoms with Gasteiger partial charge in [0.05, 0.1) is 0 Å². The molecule has 10 nitrogen and oxygen atoms in total. The number of hydrogen-bond acceptors (Lipinski definition) is 8. The van der Waals surface area contributed by atoms with E-state index in [0.717, 1.165) is 62.8 Å². The van der Waals surface area contributed by atoms with Crippen LogP contribution in [0.25, 0.3) is 0 Å². The Morgan fingerprint density at radius 3 is 1.37 bits per heavy atom. The smallest absolute Gasteiger partial charge is 0.327 e. The van der Waals surface area contributed by atoms with E-state index in [2.05, 4.69) is 44.0 Å². The van der Waals surface area contributed by atoms with Crippen molar-refractivity contribution < 1.29 is 19.8 Å². The molecule has 0 saturated carbocycles. The Labute approximate surface area is 178 Å². The van der Waals surface area contributed by atoms with Gasteiger partial charge >= 0.3 is 11.9 Å². The largest absolute Gasteiger partial charge is 0.478 e. The van der Waals surface area contributed by atoms with Crippen molar-refractivity contribution in [1.29, 1.82) is 0 Å². The van der Waals surface area contributed by atoms with Crippen LogP contribution in [-0.4, -0.2) is 71.1 Å². The summed E-state index contributed by atoms with van der Waals surface area (Å²) in [5, 5.41) is 30.9. The van der Waals surface area contributed by atoms with E-state index in [9.17, 15) is 9.59 Å². The first-order valence-corrected chi connectivity index (χ1v) is 9.68. The van der Waals surface area contributed by atoms with Crippen molar-refractivity contribution in [2.24, 2.45) is 20.2 Å². The summed E-state index contributed by atoms with van der Waals surface area (Å²) in [6.45, 7) is 17.8. The van der Waals surface area contributed by atoms with Gasteiger partial charge in [-0.2, -0.15) is 10.2 Å². The number of rotatable bonds is 6. The van der Waals surface area contributed by atoms with Crippen LogP contribution in [0.5, 0.6) is 0 Å². The maximum absolute atomic E-state index is 9.25. The molecule has 0 saturated heterocycles. The Bertz CT molecular complexity index is 637. The summed E-state index contributed by atoms with van der Waals surface area (Å²) in [7, 11) is 0. The zero-order valence-electron chi connectivity index (χ0n) is 18.3. The molecule has 2 aliphatic heterocycles. The summed E-state index contributed by atoms with van der Waals surface area (Å²) in [6, 6.07) is 0. The number of amidine groups is 2. The van der Waals surface area contributed by atoms with Crippen LogP contribution >= 0.6 is 0 Å². The molecule has 0 spiro atoms. The van der Waals surface area contributed by atoms with Crippen LogP contribution in [0.15, 0.2) is 45.5 Å². The fourth-order valence-corrected chi connectivity index (χ4v) is 2.23. The molecule has 30 heavy (non-hydrogen) atoms. The summed E-state index contributed by atoms with van der Waals surface area (Å²) >= 11 is 0. The number of carboxylic acids is 2. The standard InChI is InChI=1S/C14H26N6.2C3H4O2/c1-13(2,11-15-7-5-8-16-11)19-20-14(3,4)12-17-9-6-10-18-12;2*1-2-3(4)5/h5-10H2,1-4H3,(H,15,16)(H,17,18);2*2H,1H2,(H,4,5). The topological polar surface area (TPSA) is 148 Å². The van der Waals surface area contributed by atoms with Crippen LogP contribution in [0.1, 0.15) is 40.5 Å². The molecule has 0 aromatic carbocycles. The van der Waals surface area contributed by atoms with Gasteiger partial charge in [-0.1, -0.05) is 13.2 Å². The normalized spacial score (nSPS) is 16.1. The second-order valence-corrected chi connectivity index (χ2v) is 7.42. The first-order chi connectivity index (χ1) is 14.0. The van der Waals surface area contributed by atoms with E-state index in [-0.39, 0.29) is 0 Å². The first-order valence-electron chi connectivity index (χ1n) is 9.68. The predicted octanol–water partition coefficient (Wildman–Crippen LogP) is 2.29. The molecule has 0 aromatic rings. The molecular formula is C20H34N6O4. The van der Waals surface area contributed by atoms with Gasteiger partial charge in [0.1, 0.15) is 22.7 Å². The molecule has 2 heterocycles. The van der Waals surface area contributed by atoms with Gasteiger partial charge in [0, 0.05) is 38.3 Å². The maximum Gasteiger partial charge on any atom is 0.327 e. The highest BCUT2D eigenvalue weighted by atomic mass is 16.4. The number of azo groups is 1. The molecule has 0 unspecified atom stereocenters. The molecule has 0 atom stereocenters. The minimum absolute atomic E-state index is 0.410. The third-order valence-corrected chi connectivity index (χ3v) is 3.85. The van der Waals surface area contributed by atoms with Crippen molar-refractivity contribution in [2.45, 2.75) is 51.6 Å². The lowest BCUT2D eigenvalue weighted by molar-refractivity contribution is -0.132. The van der Waals surface area contributed by atoms with Gasteiger partial charge in [-0.05, 0) is 40.5 Å². The van der Waals surface area contributed by atoms with E-state index < -0.39 is 23.0 Å². The fourth-order valence-electron chi connectivity index (χ4n) is 2.23. The van der Waals surface area contributed by atoms with Crippen LogP contribution in [0, 0.1) is 0 Å². The van der Waals surface area contributed by atoms with Crippen LogP contribution in [-0.2, 0) is 9.59 Å². The number of nitrogens with one attached hydrogen (secondary N) is 2. The fraction of sp³-hybridized carbons (Fsp3) is 0.600. The molecule has 2 rings (SSSR count). The highest BCUT2D eigenvalue weighted by Crippen LogP contribution is 2.19. The van der Waals surface area contributed by atoms with Crippen molar-refractivity contribution in [3.63, 3.8) is 0 Å². The van der Waals surface area contributed by atoms with Gasteiger partial charge in [-0.25, -0.2) is 9.59 Å². The zero-order chi connectivity index (χ0) is 23.2. The minimum atomic E-state index is -0.981. The van der Waals surface area contributed by atoms with E-state index in [1.54, 1.807) is 0 Å². The molecule has 0 bridgehead atoms. The van der Waals surface area contributed by atoms with Crippen LogP contribution < -0.4 is 10.6 Å². The molecular weight excluding hydrogens is 388 g/mol. The third-order valence-electron chi connectivity index (χ3n) is 3.85. The van der Waals surface area contributed by atoms with Gasteiger partial charge in [-0.3, -0.25) is 9.98 Å². The molecule has 10 heteroatoms. The molecule has 2 aliphatic rings. The van der Waals surface area contributed by atoms with Crippen LogP contribution in [0.4, 0.5) is 0 Å². The molecule has 0 amide bonds. The molecule has 4 N–H and O–H groups in total. The highest BCUT2D eigenvalue weighted by molar-refractivity contribution is 5.92. The van der Waals surface area contributed by atoms with Gasteiger partial charge in [0.15, 0.2) is 0 Å². The Balaban J connectivity index is 0.000000702. The number of aliphatic carboxylic acids is 2.